The third-order valence-electron chi connectivity index (χ3n) is 3.55. The Hall–Kier alpha value is -3.92. The van der Waals surface area contributed by atoms with Crippen molar-refractivity contribution in [2.45, 2.75) is 20.0 Å². The first kappa shape index (κ1) is 20.4. The Balaban J connectivity index is 2.08. The molecule has 7 heteroatoms. The lowest BCUT2D eigenvalue weighted by atomic mass is 10.2. The van der Waals surface area contributed by atoms with E-state index in [1.807, 2.05) is 12.1 Å². The predicted molar refractivity (Wildman–Crippen MR) is 104 cm³/mol. The van der Waals surface area contributed by atoms with Crippen LogP contribution in [0.4, 0.5) is 5.69 Å². The van der Waals surface area contributed by atoms with Gasteiger partial charge in [-0.1, -0.05) is 36.4 Å². The molecule has 0 aromatic heterocycles. The van der Waals surface area contributed by atoms with Crippen LogP contribution in [0.25, 0.3) is 6.08 Å². The van der Waals surface area contributed by atoms with Gasteiger partial charge >= 0.3 is 5.97 Å². The summed E-state index contributed by atoms with van der Waals surface area (Å²) in [6, 6.07) is 17.2. The zero-order valence-corrected chi connectivity index (χ0v) is 15.4. The molecule has 2 aromatic rings. The fourth-order valence-corrected chi connectivity index (χ4v) is 2.24. The van der Waals surface area contributed by atoms with Gasteiger partial charge in [-0.15, -0.1) is 0 Å². The minimum atomic E-state index is -1.12. The molecule has 0 aliphatic rings. The standard InChI is InChI=1S/C21H19N3O4/c1-14(20(26)24-18-10-6-9-17(11-18)13-22)28-21(27)19(23-15(2)25)12-16-7-4-3-5-8-16/h3-12,14H,1-2H3,(H,23,25)(H,24,26)/b19-12-/t14-/m0/s1. The summed E-state index contributed by atoms with van der Waals surface area (Å²) in [7, 11) is 0. The summed E-state index contributed by atoms with van der Waals surface area (Å²) in [4.78, 5) is 36.1. The molecular weight excluding hydrogens is 358 g/mol. The third kappa shape index (κ3) is 6.11. The Morgan fingerprint density at radius 3 is 2.46 bits per heavy atom. The number of nitrogens with zero attached hydrogens (tertiary/aromatic N) is 1. The van der Waals surface area contributed by atoms with Crippen molar-refractivity contribution in [2.75, 3.05) is 5.32 Å². The third-order valence-corrected chi connectivity index (χ3v) is 3.55. The minimum absolute atomic E-state index is 0.0789. The lowest BCUT2D eigenvalue weighted by Gasteiger charge is -2.15. The Morgan fingerprint density at radius 1 is 1.11 bits per heavy atom. The smallest absolute Gasteiger partial charge is 0.355 e. The van der Waals surface area contributed by atoms with Gasteiger partial charge in [0, 0.05) is 12.6 Å². The highest BCUT2D eigenvalue weighted by molar-refractivity contribution is 6.00. The van der Waals surface area contributed by atoms with Gasteiger partial charge in [0.15, 0.2) is 6.10 Å². The first-order valence-corrected chi connectivity index (χ1v) is 8.45. The van der Waals surface area contributed by atoms with Gasteiger partial charge in [-0.3, -0.25) is 9.59 Å². The van der Waals surface area contributed by atoms with Crippen molar-refractivity contribution in [3.63, 3.8) is 0 Å². The van der Waals surface area contributed by atoms with E-state index in [4.69, 9.17) is 10.00 Å². The highest BCUT2D eigenvalue weighted by Crippen LogP contribution is 2.12. The molecule has 0 spiro atoms. The first-order chi connectivity index (χ1) is 13.4. The van der Waals surface area contributed by atoms with Crippen molar-refractivity contribution in [2.24, 2.45) is 0 Å². The molecule has 0 aliphatic carbocycles. The maximum absolute atomic E-state index is 12.4. The molecule has 2 rings (SSSR count). The molecule has 0 fully saturated rings. The van der Waals surface area contributed by atoms with E-state index in [2.05, 4.69) is 10.6 Å². The summed E-state index contributed by atoms with van der Waals surface area (Å²) in [6.45, 7) is 2.68. The zero-order chi connectivity index (χ0) is 20.5. The Morgan fingerprint density at radius 2 is 1.82 bits per heavy atom. The molecule has 0 bridgehead atoms. The molecule has 0 aliphatic heterocycles. The van der Waals surface area contributed by atoms with Crippen LogP contribution >= 0.6 is 0 Å². The van der Waals surface area contributed by atoms with Crippen LogP contribution in [0.2, 0.25) is 0 Å². The number of hydrogen-bond donors (Lipinski definition) is 2. The number of hydrogen-bond acceptors (Lipinski definition) is 5. The van der Waals surface area contributed by atoms with Crippen LogP contribution in [0.5, 0.6) is 0 Å². The number of nitriles is 1. The van der Waals surface area contributed by atoms with Gasteiger partial charge in [-0.25, -0.2) is 4.79 Å². The molecule has 1 atom stereocenters. The summed E-state index contributed by atoms with van der Waals surface area (Å²) < 4.78 is 5.18. The van der Waals surface area contributed by atoms with Crippen molar-refractivity contribution in [1.29, 1.82) is 5.26 Å². The van der Waals surface area contributed by atoms with Crippen LogP contribution in [0.3, 0.4) is 0 Å². The molecule has 2 aromatic carbocycles. The number of nitrogens with one attached hydrogen (secondary N) is 2. The molecule has 28 heavy (non-hydrogen) atoms. The molecule has 0 saturated heterocycles. The zero-order valence-electron chi connectivity index (χ0n) is 15.4. The maximum atomic E-state index is 12.4. The van der Waals surface area contributed by atoms with Crippen molar-refractivity contribution in [3.05, 3.63) is 71.4 Å². The van der Waals surface area contributed by atoms with Crippen molar-refractivity contribution >= 4 is 29.5 Å². The summed E-state index contributed by atoms with van der Waals surface area (Å²) in [5.74, 6) is -1.85. The van der Waals surface area contributed by atoms with Crippen molar-refractivity contribution < 1.29 is 19.1 Å². The summed E-state index contributed by atoms with van der Waals surface area (Å²) in [5, 5.41) is 13.9. The molecule has 0 saturated carbocycles. The van der Waals surface area contributed by atoms with Crippen LogP contribution in [-0.2, 0) is 19.1 Å². The Kier molecular flexibility index (Phi) is 7.06. The summed E-state index contributed by atoms with van der Waals surface area (Å²) >= 11 is 0. The van der Waals surface area contributed by atoms with E-state index in [1.54, 1.807) is 42.5 Å². The largest absolute Gasteiger partial charge is 0.448 e. The normalized spacial score (nSPS) is 11.7. The van der Waals surface area contributed by atoms with Gasteiger partial charge in [-0.2, -0.15) is 5.26 Å². The summed E-state index contributed by atoms with van der Waals surface area (Å²) in [5.41, 5.74) is 1.41. The van der Waals surface area contributed by atoms with Gasteiger partial charge in [0.1, 0.15) is 5.70 Å². The Bertz CT molecular complexity index is 946. The van der Waals surface area contributed by atoms with E-state index in [-0.39, 0.29) is 5.70 Å². The molecule has 142 valence electrons. The van der Waals surface area contributed by atoms with E-state index in [0.717, 1.165) is 0 Å². The molecule has 2 amide bonds. The van der Waals surface area contributed by atoms with Gasteiger partial charge in [-0.05, 0) is 36.8 Å². The van der Waals surface area contributed by atoms with E-state index in [9.17, 15) is 14.4 Å². The fourth-order valence-electron chi connectivity index (χ4n) is 2.24. The quantitative estimate of drug-likeness (QED) is 0.594. The summed E-state index contributed by atoms with van der Waals surface area (Å²) in [6.07, 6.45) is 0.344. The number of esters is 1. The van der Waals surface area contributed by atoms with Crippen LogP contribution < -0.4 is 10.6 Å². The van der Waals surface area contributed by atoms with Gasteiger partial charge in [0.2, 0.25) is 5.91 Å². The van der Waals surface area contributed by atoms with Crippen molar-refractivity contribution in [3.8, 4) is 6.07 Å². The van der Waals surface area contributed by atoms with Crippen LogP contribution in [0, 0.1) is 11.3 Å². The number of benzene rings is 2. The number of carbonyl (C=O) groups is 3. The second-order valence-electron chi connectivity index (χ2n) is 5.88. The molecule has 0 unspecified atom stereocenters. The highest BCUT2D eigenvalue weighted by Gasteiger charge is 2.21. The average molecular weight is 377 g/mol. The van der Waals surface area contributed by atoms with E-state index >= 15 is 0 Å². The van der Waals surface area contributed by atoms with E-state index < -0.39 is 23.9 Å². The molecular formula is C21H19N3O4. The Labute approximate surface area is 162 Å². The number of amides is 2. The van der Waals surface area contributed by atoms with E-state index in [0.29, 0.717) is 16.8 Å². The van der Waals surface area contributed by atoms with Crippen LogP contribution in [0.15, 0.2) is 60.3 Å². The molecule has 0 heterocycles. The number of anilines is 1. The van der Waals surface area contributed by atoms with Gasteiger partial charge in [0.25, 0.3) is 5.91 Å². The highest BCUT2D eigenvalue weighted by atomic mass is 16.5. The predicted octanol–water partition coefficient (Wildman–Crippen LogP) is 2.61. The van der Waals surface area contributed by atoms with Crippen LogP contribution in [0.1, 0.15) is 25.0 Å². The lowest BCUT2D eigenvalue weighted by Crippen LogP contribution is -2.33. The first-order valence-electron chi connectivity index (χ1n) is 8.45. The number of ether oxygens (including phenoxy) is 1. The van der Waals surface area contributed by atoms with Crippen LogP contribution in [-0.4, -0.2) is 23.9 Å². The monoisotopic (exact) mass is 377 g/mol. The minimum Gasteiger partial charge on any atom is -0.448 e. The van der Waals surface area contributed by atoms with Gasteiger partial charge < -0.3 is 15.4 Å². The molecule has 0 radical (unpaired) electrons. The molecule has 7 nitrogen and oxygen atoms in total. The average Bonchev–Trinajstić information content (AvgIpc) is 2.68. The topological polar surface area (TPSA) is 108 Å². The SMILES string of the molecule is CC(=O)N/C(=C\c1ccccc1)C(=O)O[C@@H](C)C(=O)Nc1cccc(C#N)c1. The van der Waals surface area contributed by atoms with Gasteiger partial charge in [0.05, 0.1) is 11.6 Å². The lowest BCUT2D eigenvalue weighted by molar-refractivity contribution is -0.149. The second-order valence-corrected chi connectivity index (χ2v) is 5.88. The van der Waals surface area contributed by atoms with Crippen molar-refractivity contribution in [1.82, 2.24) is 5.32 Å². The number of rotatable bonds is 6. The molecule has 2 N–H and O–H groups in total. The van der Waals surface area contributed by atoms with E-state index in [1.165, 1.54) is 26.0 Å². The maximum Gasteiger partial charge on any atom is 0.355 e. The number of carbonyl (C=O) groups excluding carboxylic acids is 3. The fraction of sp³-hybridized carbons (Fsp3) is 0.143. The second kappa shape index (κ2) is 9.69.